The molecule has 0 aliphatic rings. The topological polar surface area (TPSA) is 93.1 Å². The Morgan fingerprint density at radius 2 is 2.13 bits per heavy atom. The van der Waals surface area contributed by atoms with Crippen molar-refractivity contribution in [2.24, 2.45) is 0 Å². The van der Waals surface area contributed by atoms with Crippen molar-refractivity contribution in [1.82, 2.24) is 14.9 Å². The van der Waals surface area contributed by atoms with E-state index < -0.39 is 0 Å². The van der Waals surface area contributed by atoms with E-state index in [1.54, 1.807) is 32.3 Å². The minimum absolute atomic E-state index is 0.260. The van der Waals surface area contributed by atoms with E-state index >= 15 is 0 Å². The number of aromatic amines is 1. The van der Waals surface area contributed by atoms with E-state index in [0.29, 0.717) is 24.2 Å². The van der Waals surface area contributed by atoms with Gasteiger partial charge in [0.15, 0.2) is 5.82 Å². The van der Waals surface area contributed by atoms with E-state index in [1.165, 1.54) is 16.8 Å². The molecular weight excluding hydrogens is 294 g/mol. The molecule has 0 aliphatic carbocycles. The Morgan fingerprint density at radius 1 is 1.39 bits per heavy atom. The number of H-pyrrole nitrogens is 1. The number of benzene rings is 1. The fourth-order valence-electron chi connectivity index (χ4n) is 2.12. The Bertz CT molecular complexity index is 773. The van der Waals surface area contributed by atoms with Crippen LogP contribution >= 0.6 is 0 Å². The average Bonchev–Trinajstić information content (AvgIpc) is 2.97. The lowest BCUT2D eigenvalue weighted by atomic mass is 10.1. The van der Waals surface area contributed by atoms with Gasteiger partial charge in [-0.1, -0.05) is 12.1 Å². The largest absolute Gasteiger partial charge is 0.343 e. The lowest BCUT2D eigenvalue weighted by Gasteiger charge is -2.12. The summed E-state index contributed by atoms with van der Waals surface area (Å²) in [7, 11) is 4.80. The highest BCUT2D eigenvalue weighted by Gasteiger charge is 2.21. The number of hydrogen-bond donors (Lipinski definition) is 1. The standard InChI is InChI=1S/C16H17N5O2/c1-20(2)16(23)14-15(21(3)10-22)19-13(18-14)8-11-5-4-6-12(7-11)9-17/h4-7,10H,8H2,1-3H3,(H,18,19). The number of hydrogen-bond acceptors (Lipinski definition) is 4. The van der Waals surface area contributed by atoms with Crippen LogP contribution < -0.4 is 4.90 Å². The first-order valence-corrected chi connectivity index (χ1v) is 6.94. The fourth-order valence-corrected chi connectivity index (χ4v) is 2.12. The fraction of sp³-hybridized carbons (Fsp3) is 0.250. The molecule has 1 N–H and O–H groups in total. The molecule has 0 radical (unpaired) electrons. The van der Waals surface area contributed by atoms with E-state index in [1.807, 2.05) is 6.07 Å². The van der Waals surface area contributed by atoms with Crippen molar-refractivity contribution in [1.29, 1.82) is 5.26 Å². The van der Waals surface area contributed by atoms with Gasteiger partial charge >= 0.3 is 0 Å². The van der Waals surface area contributed by atoms with Crippen LogP contribution in [-0.2, 0) is 11.2 Å². The van der Waals surface area contributed by atoms with Crippen LogP contribution in [0.4, 0.5) is 5.82 Å². The van der Waals surface area contributed by atoms with Crippen molar-refractivity contribution in [3.05, 3.63) is 46.9 Å². The molecule has 0 spiro atoms. The number of aromatic nitrogens is 2. The predicted molar refractivity (Wildman–Crippen MR) is 85.0 cm³/mol. The van der Waals surface area contributed by atoms with Crippen molar-refractivity contribution < 1.29 is 9.59 Å². The Kier molecular flexibility index (Phi) is 4.76. The molecule has 118 valence electrons. The summed E-state index contributed by atoms with van der Waals surface area (Å²) in [5, 5.41) is 8.95. The maximum Gasteiger partial charge on any atom is 0.273 e. The Labute approximate surface area is 134 Å². The molecule has 1 aromatic heterocycles. The lowest BCUT2D eigenvalue weighted by molar-refractivity contribution is -0.107. The summed E-state index contributed by atoms with van der Waals surface area (Å²) in [6, 6.07) is 9.24. The number of carbonyl (C=O) groups excluding carboxylic acids is 2. The first-order valence-electron chi connectivity index (χ1n) is 6.94. The second-order valence-electron chi connectivity index (χ2n) is 5.29. The zero-order chi connectivity index (χ0) is 17.0. The van der Waals surface area contributed by atoms with Gasteiger partial charge in [0.1, 0.15) is 11.5 Å². The summed E-state index contributed by atoms with van der Waals surface area (Å²) in [5.74, 6) is 0.567. The quantitative estimate of drug-likeness (QED) is 0.839. The van der Waals surface area contributed by atoms with Gasteiger partial charge in [0.05, 0.1) is 11.6 Å². The normalized spacial score (nSPS) is 10.0. The van der Waals surface area contributed by atoms with Gasteiger partial charge in [-0.25, -0.2) is 4.98 Å². The third-order valence-electron chi connectivity index (χ3n) is 3.27. The molecule has 2 amide bonds. The van der Waals surface area contributed by atoms with Gasteiger partial charge in [-0.3, -0.25) is 9.59 Å². The first-order chi connectivity index (χ1) is 11.0. The molecule has 23 heavy (non-hydrogen) atoms. The van der Waals surface area contributed by atoms with Crippen LogP contribution in [0.25, 0.3) is 0 Å². The summed E-state index contributed by atoms with van der Waals surface area (Å²) in [6.45, 7) is 0. The molecule has 0 bridgehead atoms. The number of amides is 2. The summed E-state index contributed by atoms with van der Waals surface area (Å²) in [4.78, 5) is 33.2. The Balaban J connectivity index is 2.38. The molecular formula is C16H17N5O2. The highest BCUT2D eigenvalue weighted by atomic mass is 16.2. The van der Waals surface area contributed by atoms with Gasteiger partial charge < -0.3 is 14.8 Å². The average molecular weight is 311 g/mol. The first kappa shape index (κ1) is 16.2. The van der Waals surface area contributed by atoms with E-state index in [4.69, 9.17) is 5.26 Å². The van der Waals surface area contributed by atoms with E-state index in [0.717, 1.165) is 5.56 Å². The van der Waals surface area contributed by atoms with Crippen LogP contribution in [0.15, 0.2) is 24.3 Å². The Morgan fingerprint density at radius 3 is 2.74 bits per heavy atom. The summed E-state index contributed by atoms with van der Waals surface area (Å²) in [6.07, 6.45) is 1.03. The smallest absolute Gasteiger partial charge is 0.273 e. The number of rotatable bonds is 5. The van der Waals surface area contributed by atoms with Crippen molar-refractivity contribution in [2.75, 3.05) is 26.0 Å². The molecule has 7 heteroatoms. The molecule has 7 nitrogen and oxygen atoms in total. The minimum Gasteiger partial charge on any atom is -0.343 e. The van der Waals surface area contributed by atoms with Crippen molar-refractivity contribution in [3.63, 3.8) is 0 Å². The second-order valence-corrected chi connectivity index (χ2v) is 5.29. The lowest BCUT2D eigenvalue weighted by Crippen LogP contribution is -2.25. The maximum atomic E-state index is 12.2. The number of nitrogens with one attached hydrogen (secondary N) is 1. The maximum absolute atomic E-state index is 12.2. The SMILES string of the molecule is CN(C)C(=O)c1[nH]c(Cc2cccc(C#N)c2)nc1N(C)C=O. The molecule has 0 saturated heterocycles. The molecule has 0 atom stereocenters. The summed E-state index contributed by atoms with van der Waals surface area (Å²) >= 11 is 0. The van der Waals surface area contributed by atoms with Gasteiger partial charge in [0, 0.05) is 27.6 Å². The van der Waals surface area contributed by atoms with E-state index in [9.17, 15) is 9.59 Å². The van der Waals surface area contributed by atoms with Gasteiger partial charge in [-0.15, -0.1) is 0 Å². The van der Waals surface area contributed by atoms with Crippen molar-refractivity contribution in [3.8, 4) is 6.07 Å². The summed E-state index contributed by atoms with van der Waals surface area (Å²) < 4.78 is 0. The minimum atomic E-state index is -0.266. The monoisotopic (exact) mass is 311 g/mol. The zero-order valence-corrected chi connectivity index (χ0v) is 13.2. The number of imidazole rings is 1. The molecule has 2 aromatic rings. The Hall–Kier alpha value is -3.14. The van der Waals surface area contributed by atoms with Crippen LogP contribution in [0.3, 0.4) is 0 Å². The van der Waals surface area contributed by atoms with Crippen LogP contribution in [0.5, 0.6) is 0 Å². The van der Waals surface area contributed by atoms with Crippen LogP contribution in [0, 0.1) is 11.3 Å². The zero-order valence-electron chi connectivity index (χ0n) is 13.2. The number of carbonyl (C=O) groups is 2. The molecule has 1 aromatic carbocycles. The predicted octanol–water partition coefficient (Wildman–Crippen LogP) is 1.17. The van der Waals surface area contributed by atoms with Gasteiger partial charge in [-0.05, 0) is 17.7 Å². The van der Waals surface area contributed by atoms with Crippen LogP contribution in [0.2, 0.25) is 0 Å². The number of anilines is 1. The van der Waals surface area contributed by atoms with Gasteiger partial charge in [-0.2, -0.15) is 5.26 Å². The molecule has 0 aliphatic heterocycles. The van der Waals surface area contributed by atoms with E-state index in [-0.39, 0.29) is 17.4 Å². The molecule has 0 unspecified atom stereocenters. The number of nitriles is 1. The third-order valence-corrected chi connectivity index (χ3v) is 3.27. The highest BCUT2D eigenvalue weighted by molar-refractivity contribution is 5.98. The summed E-state index contributed by atoms with van der Waals surface area (Å²) in [5.41, 5.74) is 1.71. The van der Waals surface area contributed by atoms with Crippen LogP contribution in [0.1, 0.15) is 27.4 Å². The molecule has 1 heterocycles. The van der Waals surface area contributed by atoms with Gasteiger partial charge in [0.2, 0.25) is 6.41 Å². The molecule has 2 rings (SSSR count). The van der Waals surface area contributed by atoms with E-state index in [2.05, 4.69) is 16.0 Å². The number of nitrogens with zero attached hydrogens (tertiary/aromatic N) is 4. The molecule has 0 fully saturated rings. The van der Waals surface area contributed by atoms with Crippen LogP contribution in [-0.4, -0.2) is 48.3 Å². The van der Waals surface area contributed by atoms with Crippen molar-refractivity contribution >= 4 is 18.1 Å². The third kappa shape index (κ3) is 3.55. The highest BCUT2D eigenvalue weighted by Crippen LogP contribution is 2.19. The molecule has 0 saturated carbocycles. The van der Waals surface area contributed by atoms with Gasteiger partial charge in [0.25, 0.3) is 5.91 Å². The second kappa shape index (κ2) is 6.75. The van der Waals surface area contributed by atoms with Crippen molar-refractivity contribution in [2.45, 2.75) is 6.42 Å².